The Morgan fingerprint density at radius 1 is 0.333 bits per heavy atom. The minimum absolute atomic E-state index is 0.538. The molecule has 4 heterocycles. The zero-order valence-electron chi connectivity index (χ0n) is 30.4. The highest BCUT2D eigenvalue weighted by Gasteiger charge is 2.21. The summed E-state index contributed by atoms with van der Waals surface area (Å²) >= 11 is 0. The van der Waals surface area contributed by atoms with Crippen LogP contribution >= 0.6 is 0 Å². The fourth-order valence-corrected chi connectivity index (χ4v) is 8.41. The molecule has 12 rings (SSSR count). The van der Waals surface area contributed by atoms with E-state index in [9.17, 15) is 0 Å². The number of rotatable bonds is 5. The van der Waals surface area contributed by atoms with Gasteiger partial charge in [-0.3, -0.25) is 4.57 Å². The van der Waals surface area contributed by atoms with Crippen LogP contribution in [0.3, 0.4) is 0 Å². The van der Waals surface area contributed by atoms with Crippen molar-refractivity contribution in [2.24, 2.45) is 0 Å². The lowest BCUT2D eigenvalue weighted by atomic mass is 9.96. The van der Waals surface area contributed by atoms with Crippen molar-refractivity contribution < 1.29 is 8.83 Å². The molecule has 0 atom stereocenters. The van der Waals surface area contributed by atoms with Crippen molar-refractivity contribution >= 4 is 65.7 Å². The molecule has 0 unspecified atom stereocenters. The molecular formula is C51H30N4O2. The summed E-state index contributed by atoms with van der Waals surface area (Å²) in [4.78, 5) is 15.6. The van der Waals surface area contributed by atoms with E-state index in [1.165, 1.54) is 0 Å². The molecule has 0 radical (unpaired) electrons. The molecule has 6 nitrogen and oxygen atoms in total. The average Bonchev–Trinajstić information content (AvgIpc) is 3.95. The van der Waals surface area contributed by atoms with Crippen LogP contribution in [0.25, 0.3) is 117 Å². The van der Waals surface area contributed by atoms with Gasteiger partial charge < -0.3 is 8.83 Å². The molecule has 6 heteroatoms. The van der Waals surface area contributed by atoms with Crippen molar-refractivity contribution in [3.05, 3.63) is 182 Å². The van der Waals surface area contributed by atoms with Gasteiger partial charge in [0.05, 0.1) is 11.0 Å². The first-order chi connectivity index (χ1) is 28.2. The summed E-state index contributed by atoms with van der Waals surface area (Å²) in [6.07, 6.45) is 0. The van der Waals surface area contributed by atoms with Crippen LogP contribution in [0, 0.1) is 0 Å². The molecule has 0 aliphatic rings. The molecule has 4 aromatic heterocycles. The van der Waals surface area contributed by atoms with Gasteiger partial charge in [0.25, 0.3) is 0 Å². The Bertz CT molecular complexity index is 3540. The minimum Gasteiger partial charge on any atom is -0.456 e. The molecule has 0 fully saturated rings. The van der Waals surface area contributed by atoms with Crippen LogP contribution in [-0.4, -0.2) is 19.5 Å². The van der Waals surface area contributed by atoms with E-state index in [1.807, 2.05) is 66.7 Å². The maximum absolute atomic E-state index is 6.31. The molecule has 0 aliphatic carbocycles. The second-order valence-electron chi connectivity index (χ2n) is 14.4. The molecule has 12 aromatic rings. The normalized spacial score (nSPS) is 11.9. The lowest BCUT2D eigenvalue weighted by Gasteiger charge is -2.13. The van der Waals surface area contributed by atoms with Crippen LogP contribution in [0.1, 0.15) is 0 Å². The number of hydrogen-bond donors (Lipinski definition) is 0. The first-order valence-corrected chi connectivity index (χ1v) is 19.0. The quantitative estimate of drug-likeness (QED) is 0.176. The number of fused-ring (bicyclic) bond motifs is 9. The molecule has 8 aromatic carbocycles. The number of para-hydroxylation sites is 4. The molecule has 0 aliphatic heterocycles. The summed E-state index contributed by atoms with van der Waals surface area (Å²) in [5.41, 5.74) is 11.6. The van der Waals surface area contributed by atoms with Gasteiger partial charge in [0.1, 0.15) is 22.3 Å². The summed E-state index contributed by atoms with van der Waals surface area (Å²) in [6.45, 7) is 0. The van der Waals surface area contributed by atoms with Gasteiger partial charge in [-0.2, -0.15) is 9.97 Å². The zero-order valence-corrected chi connectivity index (χ0v) is 30.4. The molecule has 0 spiro atoms. The van der Waals surface area contributed by atoms with Gasteiger partial charge in [0.15, 0.2) is 11.6 Å². The summed E-state index contributed by atoms with van der Waals surface area (Å²) < 4.78 is 14.7. The molecule has 0 N–H and O–H groups in total. The Hall–Kier alpha value is -7.83. The van der Waals surface area contributed by atoms with Gasteiger partial charge >= 0.3 is 0 Å². The van der Waals surface area contributed by atoms with Crippen LogP contribution in [0.4, 0.5) is 0 Å². The first-order valence-electron chi connectivity index (χ1n) is 19.0. The van der Waals surface area contributed by atoms with E-state index < -0.39 is 0 Å². The Morgan fingerprint density at radius 2 is 0.912 bits per heavy atom. The first kappa shape index (κ1) is 31.5. The molecule has 57 heavy (non-hydrogen) atoms. The van der Waals surface area contributed by atoms with Crippen molar-refractivity contribution in [1.29, 1.82) is 0 Å². The maximum Gasteiger partial charge on any atom is 0.238 e. The molecule has 0 saturated heterocycles. The van der Waals surface area contributed by atoms with Crippen molar-refractivity contribution in [1.82, 2.24) is 19.5 Å². The predicted octanol–water partition coefficient (Wildman–Crippen LogP) is 13.4. The SMILES string of the molecule is c1ccc(-c2nc(-c3ccc4c(c3)oc3ccccc34)nc(-n3c4ccccc4c4cccc(-c5cccc(-c6ccc7oc8ccccc8c7c6)c5)c43)n2)cc1. The topological polar surface area (TPSA) is 69.9 Å². The van der Waals surface area contributed by atoms with E-state index in [0.717, 1.165) is 99.1 Å². The highest BCUT2D eigenvalue weighted by Crippen LogP contribution is 2.40. The Balaban J connectivity index is 1.08. The molecule has 0 saturated carbocycles. The fourth-order valence-electron chi connectivity index (χ4n) is 8.41. The second kappa shape index (κ2) is 12.3. The Kier molecular flexibility index (Phi) is 6.83. The number of hydrogen-bond acceptors (Lipinski definition) is 5. The monoisotopic (exact) mass is 730 g/mol. The van der Waals surface area contributed by atoms with Gasteiger partial charge in [-0.05, 0) is 65.2 Å². The Morgan fingerprint density at radius 3 is 1.75 bits per heavy atom. The molecular weight excluding hydrogens is 701 g/mol. The van der Waals surface area contributed by atoms with E-state index in [2.05, 4.69) is 120 Å². The van der Waals surface area contributed by atoms with E-state index in [-0.39, 0.29) is 0 Å². The number of benzene rings is 8. The van der Waals surface area contributed by atoms with Crippen LogP contribution in [0.2, 0.25) is 0 Å². The second-order valence-corrected chi connectivity index (χ2v) is 14.4. The highest BCUT2D eigenvalue weighted by atomic mass is 16.3. The van der Waals surface area contributed by atoms with E-state index in [1.54, 1.807) is 0 Å². The summed E-state index contributed by atoms with van der Waals surface area (Å²) in [5, 5.41) is 6.59. The lowest BCUT2D eigenvalue weighted by molar-refractivity contribution is 0.668. The van der Waals surface area contributed by atoms with Gasteiger partial charge in [-0.1, -0.05) is 133 Å². The lowest BCUT2D eigenvalue weighted by Crippen LogP contribution is -2.07. The smallest absolute Gasteiger partial charge is 0.238 e. The van der Waals surface area contributed by atoms with Gasteiger partial charge in [-0.15, -0.1) is 0 Å². The van der Waals surface area contributed by atoms with Crippen molar-refractivity contribution in [2.45, 2.75) is 0 Å². The van der Waals surface area contributed by atoms with Crippen molar-refractivity contribution in [2.75, 3.05) is 0 Å². The average molecular weight is 731 g/mol. The maximum atomic E-state index is 6.31. The number of aromatic nitrogens is 4. The third-order valence-electron chi connectivity index (χ3n) is 11.1. The standard InChI is InChI=1S/C51H30N4O2/c1-2-12-31(13-3-1)49-52-50(35-24-26-40-38-17-5-8-22-44(38)57-47(40)30-35)54-51(53-49)55-43-21-7-4-16-37(43)41-20-11-19-36(48(41)55)34-15-10-14-32(28-34)33-25-27-46-42(29-33)39-18-6-9-23-45(39)56-46/h1-30H. The van der Waals surface area contributed by atoms with Crippen LogP contribution in [-0.2, 0) is 0 Å². The summed E-state index contributed by atoms with van der Waals surface area (Å²) in [7, 11) is 0. The molecule has 266 valence electrons. The third-order valence-corrected chi connectivity index (χ3v) is 11.1. The minimum atomic E-state index is 0.538. The number of nitrogens with zero attached hydrogens (tertiary/aromatic N) is 4. The van der Waals surface area contributed by atoms with E-state index in [0.29, 0.717) is 17.6 Å². The van der Waals surface area contributed by atoms with E-state index >= 15 is 0 Å². The highest BCUT2D eigenvalue weighted by molar-refractivity contribution is 6.14. The largest absolute Gasteiger partial charge is 0.456 e. The third kappa shape index (κ3) is 5.01. The van der Waals surface area contributed by atoms with Gasteiger partial charge in [0.2, 0.25) is 5.95 Å². The van der Waals surface area contributed by atoms with Crippen LogP contribution in [0.5, 0.6) is 0 Å². The number of furan rings is 2. The van der Waals surface area contributed by atoms with Gasteiger partial charge in [0, 0.05) is 49.0 Å². The van der Waals surface area contributed by atoms with E-state index in [4.69, 9.17) is 23.8 Å². The Labute approximate surface area is 325 Å². The van der Waals surface area contributed by atoms with Crippen molar-refractivity contribution in [3.8, 4) is 51.0 Å². The molecule has 0 amide bonds. The zero-order chi connectivity index (χ0) is 37.5. The van der Waals surface area contributed by atoms with Crippen molar-refractivity contribution in [3.63, 3.8) is 0 Å². The summed E-state index contributed by atoms with van der Waals surface area (Å²) in [6, 6.07) is 62.9. The van der Waals surface area contributed by atoms with Crippen LogP contribution in [0.15, 0.2) is 191 Å². The van der Waals surface area contributed by atoms with Crippen LogP contribution < -0.4 is 0 Å². The fraction of sp³-hybridized carbons (Fsp3) is 0. The van der Waals surface area contributed by atoms with Gasteiger partial charge in [-0.25, -0.2) is 4.98 Å². The molecule has 0 bridgehead atoms. The predicted molar refractivity (Wildman–Crippen MR) is 230 cm³/mol. The summed E-state index contributed by atoms with van der Waals surface area (Å²) in [5.74, 6) is 1.69.